The lowest BCUT2D eigenvalue weighted by atomic mass is 10.1. The first kappa shape index (κ1) is 12.4. The van der Waals surface area contributed by atoms with Gasteiger partial charge in [0.25, 0.3) is 0 Å². The molecule has 1 aromatic carbocycles. The number of aromatic nitrogens is 2. The minimum Gasteiger partial charge on any atom is -0.337 e. The fourth-order valence-corrected chi connectivity index (χ4v) is 2.57. The van der Waals surface area contributed by atoms with Crippen molar-refractivity contribution in [2.24, 2.45) is 0 Å². The monoisotopic (exact) mass is 257 g/mol. The second-order valence-electron chi connectivity index (χ2n) is 5.09. The Morgan fingerprint density at radius 1 is 1.11 bits per heavy atom. The Balaban J connectivity index is 1.77. The second kappa shape index (κ2) is 5.53. The van der Waals surface area contributed by atoms with Gasteiger partial charge in [-0.3, -0.25) is 4.90 Å². The highest BCUT2D eigenvalue weighted by molar-refractivity contribution is 5.53. The van der Waals surface area contributed by atoms with E-state index in [4.69, 9.17) is 4.52 Å². The van der Waals surface area contributed by atoms with Crippen LogP contribution in [0.15, 0.2) is 34.9 Å². The Hall–Kier alpha value is -1.68. The van der Waals surface area contributed by atoms with Crippen LogP contribution in [0.2, 0.25) is 0 Å². The highest BCUT2D eigenvalue weighted by Crippen LogP contribution is 2.24. The van der Waals surface area contributed by atoms with Crippen LogP contribution >= 0.6 is 0 Å². The van der Waals surface area contributed by atoms with Gasteiger partial charge in [0, 0.05) is 5.56 Å². The maximum absolute atomic E-state index is 5.43. The Bertz CT molecular complexity index is 517. The maximum Gasteiger partial charge on any atom is 0.244 e. The maximum atomic E-state index is 5.43. The van der Waals surface area contributed by atoms with Gasteiger partial charge in [0.2, 0.25) is 11.7 Å². The van der Waals surface area contributed by atoms with Gasteiger partial charge in [-0.25, -0.2) is 0 Å². The van der Waals surface area contributed by atoms with Crippen LogP contribution in [-0.2, 0) is 0 Å². The first-order chi connectivity index (χ1) is 9.34. The summed E-state index contributed by atoms with van der Waals surface area (Å²) in [6.07, 6.45) is 3.87. The molecule has 2 aromatic rings. The summed E-state index contributed by atoms with van der Waals surface area (Å²) in [5.74, 6) is 1.40. The van der Waals surface area contributed by atoms with E-state index in [1.165, 1.54) is 19.3 Å². The van der Waals surface area contributed by atoms with Crippen LogP contribution in [0.4, 0.5) is 0 Å². The average molecular weight is 257 g/mol. The van der Waals surface area contributed by atoms with Crippen molar-refractivity contribution in [3.63, 3.8) is 0 Å². The Morgan fingerprint density at radius 2 is 1.84 bits per heavy atom. The quantitative estimate of drug-likeness (QED) is 0.846. The molecule has 0 spiro atoms. The third-order valence-electron chi connectivity index (χ3n) is 3.77. The molecule has 4 heteroatoms. The highest BCUT2D eigenvalue weighted by Gasteiger charge is 2.23. The predicted molar refractivity (Wildman–Crippen MR) is 73.6 cm³/mol. The third-order valence-corrected chi connectivity index (χ3v) is 3.77. The first-order valence-corrected chi connectivity index (χ1v) is 6.97. The summed E-state index contributed by atoms with van der Waals surface area (Å²) in [5.41, 5.74) is 1.00. The lowest BCUT2D eigenvalue weighted by Crippen LogP contribution is -2.32. The Morgan fingerprint density at radius 3 is 2.58 bits per heavy atom. The number of nitrogens with zero attached hydrogens (tertiary/aromatic N) is 3. The molecule has 1 saturated heterocycles. The molecule has 2 heterocycles. The van der Waals surface area contributed by atoms with E-state index in [0.29, 0.717) is 5.82 Å². The lowest BCUT2D eigenvalue weighted by molar-refractivity contribution is 0.146. The van der Waals surface area contributed by atoms with E-state index in [2.05, 4.69) is 22.0 Å². The Kier molecular flexibility index (Phi) is 3.60. The van der Waals surface area contributed by atoms with Crippen LogP contribution in [0.5, 0.6) is 0 Å². The molecule has 100 valence electrons. The van der Waals surface area contributed by atoms with E-state index in [-0.39, 0.29) is 6.04 Å². The van der Waals surface area contributed by atoms with Crippen molar-refractivity contribution in [3.05, 3.63) is 36.2 Å². The fourth-order valence-electron chi connectivity index (χ4n) is 2.57. The average Bonchev–Trinajstić information content (AvgIpc) is 2.98. The second-order valence-corrected chi connectivity index (χ2v) is 5.09. The smallest absolute Gasteiger partial charge is 0.244 e. The molecule has 1 aromatic heterocycles. The largest absolute Gasteiger partial charge is 0.337 e. The van der Waals surface area contributed by atoms with Gasteiger partial charge in [0.15, 0.2) is 0 Å². The van der Waals surface area contributed by atoms with E-state index in [1.54, 1.807) is 0 Å². The van der Waals surface area contributed by atoms with Crippen LogP contribution in [-0.4, -0.2) is 28.1 Å². The SMILES string of the molecule is CC(c1nc(-c2ccccc2)no1)N1CCCCC1. The topological polar surface area (TPSA) is 42.2 Å². The van der Waals surface area contributed by atoms with Gasteiger partial charge in [0.1, 0.15) is 0 Å². The van der Waals surface area contributed by atoms with Gasteiger partial charge in [-0.05, 0) is 32.9 Å². The van der Waals surface area contributed by atoms with Gasteiger partial charge in [0.05, 0.1) is 6.04 Å². The van der Waals surface area contributed by atoms with Gasteiger partial charge in [-0.15, -0.1) is 0 Å². The van der Waals surface area contributed by atoms with Gasteiger partial charge in [-0.2, -0.15) is 4.98 Å². The molecule has 0 bridgehead atoms. The number of rotatable bonds is 3. The normalized spacial score (nSPS) is 18.4. The predicted octanol–water partition coefficient (Wildman–Crippen LogP) is 3.28. The molecule has 0 radical (unpaired) electrons. The number of hydrogen-bond donors (Lipinski definition) is 0. The fraction of sp³-hybridized carbons (Fsp3) is 0.467. The van der Waals surface area contributed by atoms with Crippen molar-refractivity contribution >= 4 is 0 Å². The van der Waals surface area contributed by atoms with E-state index < -0.39 is 0 Å². The summed E-state index contributed by atoms with van der Waals surface area (Å²) >= 11 is 0. The summed E-state index contributed by atoms with van der Waals surface area (Å²) in [5, 5.41) is 4.09. The molecular formula is C15H19N3O. The van der Waals surface area contributed by atoms with Crippen LogP contribution in [0, 0.1) is 0 Å². The zero-order chi connectivity index (χ0) is 13.1. The molecular weight excluding hydrogens is 238 g/mol. The molecule has 19 heavy (non-hydrogen) atoms. The zero-order valence-electron chi connectivity index (χ0n) is 11.2. The van der Waals surface area contributed by atoms with Crippen molar-refractivity contribution in [3.8, 4) is 11.4 Å². The van der Waals surface area contributed by atoms with Gasteiger partial charge >= 0.3 is 0 Å². The highest BCUT2D eigenvalue weighted by atomic mass is 16.5. The zero-order valence-corrected chi connectivity index (χ0v) is 11.2. The molecule has 1 aliphatic rings. The van der Waals surface area contributed by atoms with E-state index in [0.717, 1.165) is 24.5 Å². The summed E-state index contributed by atoms with van der Waals surface area (Å²) in [7, 11) is 0. The molecule has 0 N–H and O–H groups in total. The number of piperidine rings is 1. The molecule has 0 amide bonds. The summed E-state index contributed by atoms with van der Waals surface area (Å²) in [6, 6.07) is 10.2. The minimum atomic E-state index is 0.213. The summed E-state index contributed by atoms with van der Waals surface area (Å²) in [4.78, 5) is 6.96. The van der Waals surface area contributed by atoms with Crippen LogP contribution in [0.25, 0.3) is 11.4 Å². The molecule has 3 rings (SSSR count). The molecule has 1 unspecified atom stereocenters. The van der Waals surface area contributed by atoms with E-state index in [9.17, 15) is 0 Å². The van der Waals surface area contributed by atoms with Crippen LogP contribution in [0.1, 0.15) is 38.1 Å². The third kappa shape index (κ3) is 2.68. The molecule has 1 fully saturated rings. The van der Waals surface area contributed by atoms with Crippen LogP contribution in [0.3, 0.4) is 0 Å². The van der Waals surface area contributed by atoms with Gasteiger partial charge in [-0.1, -0.05) is 41.9 Å². The van der Waals surface area contributed by atoms with Gasteiger partial charge < -0.3 is 4.52 Å². The molecule has 0 saturated carbocycles. The lowest BCUT2D eigenvalue weighted by Gasteiger charge is -2.29. The number of benzene rings is 1. The van der Waals surface area contributed by atoms with Crippen molar-refractivity contribution < 1.29 is 4.52 Å². The standard InChI is InChI=1S/C15H19N3O/c1-12(18-10-6-3-7-11-18)15-16-14(17-19-15)13-8-4-2-5-9-13/h2,4-5,8-9,12H,3,6-7,10-11H2,1H3. The first-order valence-electron chi connectivity index (χ1n) is 6.97. The van der Waals surface area contributed by atoms with Crippen molar-refractivity contribution in [2.45, 2.75) is 32.2 Å². The van der Waals surface area contributed by atoms with Crippen molar-refractivity contribution in [2.75, 3.05) is 13.1 Å². The Labute approximate surface area is 113 Å². The van der Waals surface area contributed by atoms with Crippen molar-refractivity contribution in [1.82, 2.24) is 15.0 Å². The van der Waals surface area contributed by atoms with Crippen LogP contribution < -0.4 is 0 Å². The molecule has 1 aliphatic heterocycles. The number of hydrogen-bond acceptors (Lipinski definition) is 4. The van der Waals surface area contributed by atoms with E-state index in [1.807, 2.05) is 30.3 Å². The molecule has 0 aliphatic carbocycles. The molecule has 1 atom stereocenters. The van der Waals surface area contributed by atoms with E-state index >= 15 is 0 Å². The summed E-state index contributed by atoms with van der Waals surface area (Å²) in [6.45, 7) is 4.40. The minimum absolute atomic E-state index is 0.213. The molecule has 4 nitrogen and oxygen atoms in total. The van der Waals surface area contributed by atoms with Crippen molar-refractivity contribution in [1.29, 1.82) is 0 Å². The summed E-state index contributed by atoms with van der Waals surface area (Å²) < 4.78 is 5.43. The number of likely N-dealkylation sites (tertiary alicyclic amines) is 1.